The quantitative estimate of drug-likeness (QED) is 0.669. The molecule has 0 saturated heterocycles. The smallest absolute Gasteiger partial charge is 0.249 e. The molecule has 0 radical (unpaired) electrons. The van der Waals surface area contributed by atoms with Gasteiger partial charge in [0.25, 0.3) is 0 Å². The SMILES string of the molecule is Cc1nc(/C=C/C(=O)NC(c2nc(-c3cccnc3)no2)C(C)C)cs1. The minimum Gasteiger partial charge on any atom is -0.340 e. The van der Waals surface area contributed by atoms with Gasteiger partial charge in [0.15, 0.2) is 0 Å². The average Bonchev–Trinajstić information content (AvgIpc) is 3.27. The molecule has 0 bridgehead atoms. The third-order valence-corrected chi connectivity index (χ3v) is 4.43. The Kier molecular flexibility index (Phi) is 5.52. The van der Waals surface area contributed by atoms with E-state index >= 15 is 0 Å². The Morgan fingerprint density at radius 2 is 2.19 bits per heavy atom. The molecule has 0 fully saturated rings. The first kappa shape index (κ1) is 17.9. The van der Waals surface area contributed by atoms with Crippen molar-refractivity contribution >= 4 is 23.3 Å². The normalized spacial score (nSPS) is 12.6. The van der Waals surface area contributed by atoms with Crippen molar-refractivity contribution in [2.75, 3.05) is 0 Å². The highest BCUT2D eigenvalue weighted by Crippen LogP contribution is 2.23. The van der Waals surface area contributed by atoms with Gasteiger partial charge in [0.1, 0.15) is 6.04 Å². The largest absolute Gasteiger partial charge is 0.340 e. The molecule has 1 atom stereocenters. The van der Waals surface area contributed by atoms with Crippen molar-refractivity contribution in [1.82, 2.24) is 25.4 Å². The standard InChI is InChI=1S/C18H19N5O2S/c1-11(2)16(21-15(24)7-6-14-10-26-12(3)20-14)18-22-17(23-25-18)13-5-4-8-19-9-13/h4-11,16H,1-3H3,(H,21,24)/b7-6+. The van der Waals surface area contributed by atoms with Gasteiger partial charge in [-0.1, -0.05) is 19.0 Å². The summed E-state index contributed by atoms with van der Waals surface area (Å²) in [6.07, 6.45) is 6.49. The maximum atomic E-state index is 12.3. The van der Waals surface area contributed by atoms with Crippen molar-refractivity contribution < 1.29 is 9.32 Å². The predicted octanol–water partition coefficient (Wildman–Crippen LogP) is 3.42. The summed E-state index contributed by atoms with van der Waals surface area (Å²) in [5.74, 6) is 0.651. The number of nitrogens with one attached hydrogen (secondary N) is 1. The third kappa shape index (κ3) is 4.40. The molecule has 1 N–H and O–H groups in total. The van der Waals surface area contributed by atoms with E-state index in [9.17, 15) is 4.79 Å². The van der Waals surface area contributed by atoms with Crippen molar-refractivity contribution in [2.45, 2.75) is 26.8 Å². The van der Waals surface area contributed by atoms with Crippen LogP contribution >= 0.6 is 11.3 Å². The van der Waals surface area contributed by atoms with Crippen molar-refractivity contribution in [2.24, 2.45) is 5.92 Å². The van der Waals surface area contributed by atoms with Gasteiger partial charge in [0, 0.05) is 29.4 Å². The Bertz CT molecular complexity index is 901. The molecule has 3 heterocycles. The monoisotopic (exact) mass is 369 g/mol. The number of hydrogen-bond donors (Lipinski definition) is 1. The van der Waals surface area contributed by atoms with E-state index in [1.54, 1.807) is 24.5 Å². The second-order valence-corrected chi connectivity index (χ2v) is 7.12. The summed E-state index contributed by atoms with van der Waals surface area (Å²) in [7, 11) is 0. The lowest BCUT2D eigenvalue weighted by Crippen LogP contribution is -2.30. The molecule has 3 aromatic heterocycles. The first-order valence-corrected chi connectivity index (χ1v) is 9.05. The molecule has 134 valence electrons. The van der Waals surface area contributed by atoms with Crippen LogP contribution in [0.4, 0.5) is 0 Å². The van der Waals surface area contributed by atoms with E-state index in [1.165, 1.54) is 17.4 Å². The number of aromatic nitrogens is 4. The van der Waals surface area contributed by atoms with Gasteiger partial charge in [-0.15, -0.1) is 11.3 Å². The van der Waals surface area contributed by atoms with Gasteiger partial charge in [-0.25, -0.2) is 4.98 Å². The van der Waals surface area contributed by atoms with E-state index in [0.29, 0.717) is 11.7 Å². The number of hydrogen-bond acceptors (Lipinski definition) is 7. The number of amides is 1. The van der Waals surface area contributed by atoms with E-state index < -0.39 is 0 Å². The Hall–Kier alpha value is -2.87. The second kappa shape index (κ2) is 8.01. The van der Waals surface area contributed by atoms with Gasteiger partial charge in [-0.05, 0) is 31.1 Å². The highest BCUT2D eigenvalue weighted by atomic mass is 32.1. The van der Waals surface area contributed by atoms with Crippen LogP contribution in [0.3, 0.4) is 0 Å². The maximum Gasteiger partial charge on any atom is 0.249 e. The lowest BCUT2D eigenvalue weighted by molar-refractivity contribution is -0.117. The molecule has 3 aromatic rings. The van der Waals surface area contributed by atoms with Gasteiger partial charge in [0.2, 0.25) is 17.6 Å². The van der Waals surface area contributed by atoms with Crippen LogP contribution in [0.15, 0.2) is 40.5 Å². The summed E-state index contributed by atoms with van der Waals surface area (Å²) < 4.78 is 5.37. The van der Waals surface area contributed by atoms with Gasteiger partial charge in [-0.3, -0.25) is 9.78 Å². The molecule has 3 rings (SSSR count). The van der Waals surface area contributed by atoms with E-state index in [-0.39, 0.29) is 17.9 Å². The van der Waals surface area contributed by atoms with E-state index in [2.05, 4.69) is 25.4 Å². The third-order valence-electron chi connectivity index (χ3n) is 3.63. The molecular weight excluding hydrogens is 350 g/mol. The molecule has 0 aliphatic rings. The van der Waals surface area contributed by atoms with Gasteiger partial charge in [0.05, 0.1) is 10.7 Å². The van der Waals surface area contributed by atoms with Gasteiger partial charge in [-0.2, -0.15) is 4.98 Å². The second-order valence-electron chi connectivity index (χ2n) is 6.05. The van der Waals surface area contributed by atoms with Crippen LogP contribution < -0.4 is 5.32 Å². The first-order valence-electron chi connectivity index (χ1n) is 8.17. The molecule has 1 unspecified atom stereocenters. The van der Waals surface area contributed by atoms with Crippen LogP contribution in [0.25, 0.3) is 17.5 Å². The molecule has 0 aliphatic heterocycles. The predicted molar refractivity (Wildman–Crippen MR) is 99.1 cm³/mol. The summed E-state index contributed by atoms with van der Waals surface area (Å²) >= 11 is 1.54. The molecular formula is C18H19N5O2S. The molecule has 26 heavy (non-hydrogen) atoms. The summed E-state index contributed by atoms with van der Waals surface area (Å²) in [5, 5.41) is 9.76. The van der Waals surface area contributed by atoms with Crippen molar-refractivity contribution in [3.05, 3.63) is 52.6 Å². The number of carbonyl (C=O) groups excluding carboxylic acids is 1. The van der Waals surface area contributed by atoms with E-state index in [0.717, 1.165) is 16.3 Å². The van der Waals surface area contributed by atoms with Crippen LogP contribution in [-0.4, -0.2) is 26.0 Å². The summed E-state index contributed by atoms with van der Waals surface area (Å²) in [6, 6.07) is 3.27. The highest BCUT2D eigenvalue weighted by Gasteiger charge is 2.24. The zero-order valence-corrected chi connectivity index (χ0v) is 15.5. The van der Waals surface area contributed by atoms with E-state index in [1.807, 2.05) is 32.2 Å². The number of thiazole rings is 1. The Morgan fingerprint density at radius 3 is 2.85 bits per heavy atom. The average molecular weight is 369 g/mol. The lowest BCUT2D eigenvalue weighted by Gasteiger charge is -2.17. The van der Waals surface area contributed by atoms with Crippen molar-refractivity contribution in [1.29, 1.82) is 0 Å². The lowest BCUT2D eigenvalue weighted by atomic mass is 10.0. The Labute approximate surface area is 155 Å². The summed E-state index contributed by atoms with van der Waals surface area (Å²) in [5.41, 5.74) is 1.52. The Morgan fingerprint density at radius 1 is 1.35 bits per heavy atom. The van der Waals surface area contributed by atoms with Crippen LogP contribution in [0.2, 0.25) is 0 Å². The van der Waals surface area contributed by atoms with Gasteiger partial charge >= 0.3 is 0 Å². The highest BCUT2D eigenvalue weighted by molar-refractivity contribution is 7.09. The summed E-state index contributed by atoms with van der Waals surface area (Å²) in [6.45, 7) is 5.88. The van der Waals surface area contributed by atoms with Crippen LogP contribution in [0, 0.1) is 12.8 Å². The minimum atomic E-state index is -0.387. The molecule has 1 amide bonds. The Balaban J connectivity index is 1.72. The fourth-order valence-electron chi connectivity index (χ4n) is 2.31. The maximum absolute atomic E-state index is 12.3. The van der Waals surface area contributed by atoms with Crippen LogP contribution in [-0.2, 0) is 4.79 Å². The molecule has 0 spiro atoms. The van der Waals surface area contributed by atoms with Crippen molar-refractivity contribution in [3.8, 4) is 11.4 Å². The number of carbonyl (C=O) groups is 1. The zero-order valence-electron chi connectivity index (χ0n) is 14.7. The fourth-order valence-corrected chi connectivity index (χ4v) is 2.89. The molecule has 0 aliphatic carbocycles. The first-order chi connectivity index (χ1) is 12.5. The minimum absolute atomic E-state index is 0.0797. The number of rotatable bonds is 6. The zero-order chi connectivity index (χ0) is 18.5. The van der Waals surface area contributed by atoms with Crippen molar-refractivity contribution in [3.63, 3.8) is 0 Å². The number of pyridine rings is 1. The fraction of sp³-hybridized carbons (Fsp3) is 0.278. The molecule has 0 aromatic carbocycles. The topological polar surface area (TPSA) is 93.8 Å². The number of aryl methyl sites for hydroxylation is 1. The molecule has 0 saturated carbocycles. The van der Waals surface area contributed by atoms with Crippen LogP contribution in [0.1, 0.15) is 36.5 Å². The molecule has 7 nitrogen and oxygen atoms in total. The number of nitrogens with zero attached hydrogens (tertiary/aromatic N) is 4. The van der Waals surface area contributed by atoms with E-state index in [4.69, 9.17) is 4.52 Å². The van der Waals surface area contributed by atoms with Crippen LogP contribution in [0.5, 0.6) is 0 Å². The molecule has 8 heteroatoms. The summed E-state index contributed by atoms with van der Waals surface area (Å²) in [4.78, 5) is 25.0. The van der Waals surface area contributed by atoms with Gasteiger partial charge < -0.3 is 9.84 Å².